The maximum atomic E-state index is 5.80. The summed E-state index contributed by atoms with van der Waals surface area (Å²) in [6, 6.07) is 5.38. The van der Waals surface area contributed by atoms with Crippen molar-refractivity contribution in [3.05, 3.63) is 18.2 Å². The van der Waals surface area contributed by atoms with Gasteiger partial charge in [-0.15, -0.1) is 0 Å². The SMILES string of the molecule is CCCCCCCCOc1ccc(N)cc1N. The van der Waals surface area contributed by atoms with Crippen LogP contribution < -0.4 is 16.2 Å². The van der Waals surface area contributed by atoms with Crippen molar-refractivity contribution in [3.63, 3.8) is 0 Å². The highest BCUT2D eigenvalue weighted by molar-refractivity contribution is 5.60. The zero-order valence-corrected chi connectivity index (χ0v) is 10.7. The molecule has 0 fully saturated rings. The van der Waals surface area contributed by atoms with E-state index in [1.165, 1.54) is 32.1 Å². The molecule has 4 N–H and O–H groups in total. The molecule has 3 nitrogen and oxygen atoms in total. The first-order valence-corrected chi connectivity index (χ1v) is 6.52. The minimum Gasteiger partial charge on any atom is -0.491 e. The van der Waals surface area contributed by atoms with E-state index in [4.69, 9.17) is 16.2 Å². The summed E-state index contributed by atoms with van der Waals surface area (Å²) in [6.45, 7) is 2.97. The second-order valence-electron chi connectivity index (χ2n) is 4.41. The van der Waals surface area contributed by atoms with E-state index in [-0.39, 0.29) is 0 Å². The van der Waals surface area contributed by atoms with Crippen LogP contribution in [-0.2, 0) is 0 Å². The molecule has 17 heavy (non-hydrogen) atoms. The Labute approximate surface area is 104 Å². The number of unbranched alkanes of at least 4 members (excludes halogenated alkanes) is 5. The Balaban J connectivity index is 2.14. The van der Waals surface area contributed by atoms with Gasteiger partial charge in [0.2, 0.25) is 0 Å². The van der Waals surface area contributed by atoms with Gasteiger partial charge >= 0.3 is 0 Å². The summed E-state index contributed by atoms with van der Waals surface area (Å²) in [5.41, 5.74) is 12.7. The molecule has 0 aliphatic carbocycles. The first-order valence-electron chi connectivity index (χ1n) is 6.52. The summed E-state index contributed by atoms with van der Waals surface area (Å²) in [5.74, 6) is 0.743. The molecule has 1 aromatic rings. The molecule has 0 unspecified atom stereocenters. The van der Waals surface area contributed by atoms with Gasteiger partial charge in [0.1, 0.15) is 5.75 Å². The summed E-state index contributed by atoms with van der Waals surface area (Å²) >= 11 is 0. The predicted molar refractivity (Wildman–Crippen MR) is 74.1 cm³/mol. The summed E-state index contributed by atoms with van der Waals surface area (Å²) in [7, 11) is 0. The van der Waals surface area contributed by atoms with Crippen molar-refractivity contribution in [2.45, 2.75) is 45.4 Å². The molecule has 0 amide bonds. The van der Waals surface area contributed by atoms with Crippen molar-refractivity contribution in [1.82, 2.24) is 0 Å². The van der Waals surface area contributed by atoms with Gasteiger partial charge in [-0.05, 0) is 24.6 Å². The Hall–Kier alpha value is -1.38. The minimum absolute atomic E-state index is 0.621. The lowest BCUT2D eigenvalue weighted by Gasteiger charge is -2.09. The lowest BCUT2D eigenvalue weighted by Crippen LogP contribution is -2.01. The van der Waals surface area contributed by atoms with E-state index >= 15 is 0 Å². The molecule has 0 aliphatic heterocycles. The molecule has 1 aromatic carbocycles. The van der Waals surface area contributed by atoms with Gasteiger partial charge in [0.25, 0.3) is 0 Å². The van der Waals surface area contributed by atoms with Crippen LogP contribution >= 0.6 is 0 Å². The Bertz CT molecular complexity index is 326. The van der Waals surface area contributed by atoms with Crippen molar-refractivity contribution >= 4 is 11.4 Å². The second-order valence-corrected chi connectivity index (χ2v) is 4.41. The fraction of sp³-hybridized carbons (Fsp3) is 0.571. The fourth-order valence-electron chi connectivity index (χ4n) is 1.76. The molecule has 0 aromatic heterocycles. The highest BCUT2D eigenvalue weighted by Crippen LogP contribution is 2.23. The van der Waals surface area contributed by atoms with Crippen LogP contribution in [0.4, 0.5) is 11.4 Å². The van der Waals surface area contributed by atoms with Crippen molar-refractivity contribution in [2.24, 2.45) is 0 Å². The lowest BCUT2D eigenvalue weighted by atomic mass is 10.1. The minimum atomic E-state index is 0.621. The average molecular weight is 236 g/mol. The normalized spacial score (nSPS) is 10.4. The van der Waals surface area contributed by atoms with Crippen LogP contribution in [0, 0.1) is 0 Å². The molecule has 0 bridgehead atoms. The van der Waals surface area contributed by atoms with Crippen molar-refractivity contribution in [1.29, 1.82) is 0 Å². The predicted octanol–water partition coefficient (Wildman–Crippen LogP) is 3.59. The van der Waals surface area contributed by atoms with Gasteiger partial charge in [0.15, 0.2) is 0 Å². The Morgan fingerprint density at radius 1 is 1.00 bits per heavy atom. The fourth-order valence-corrected chi connectivity index (χ4v) is 1.76. The monoisotopic (exact) mass is 236 g/mol. The van der Waals surface area contributed by atoms with Crippen molar-refractivity contribution in [3.8, 4) is 5.75 Å². The van der Waals surface area contributed by atoms with E-state index in [1.807, 2.05) is 12.1 Å². The van der Waals surface area contributed by atoms with E-state index in [9.17, 15) is 0 Å². The number of nitrogen functional groups attached to an aromatic ring is 2. The van der Waals surface area contributed by atoms with E-state index in [2.05, 4.69) is 6.92 Å². The quantitative estimate of drug-likeness (QED) is 0.535. The van der Waals surface area contributed by atoms with E-state index in [0.717, 1.165) is 18.8 Å². The number of rotatable bonds is 8. The van der Waals surface area contributed by atoms with E-state index in [1.54, 1.807) is 6.07 Å². The molecule has 0 atom stereocenters. The summed E-state index contributed by atoms with van der Waals surface area (Å²) in [5, 5.41) is 0. The van der Waals surface area contributed by atoms with Gasteiger partial charge in [-0.1, -0.05) is 39.0 Å². The molecule has 0 saturated heterocycles. The molecular weight excluding hydrogens is 212 g/mol. The van der Waals surface area contributed by atoms with Crippen molar-refractivity contribution < 1.29 is 4.74 Å². The number of hydrogen-bond donors (Lipinski definition) is 2. The number of nitrogens with two attached hydrogens (primary N) is 2. The van der Waals surface area contributed by atoms with Gasteiger partial charge in [-0.2, -0.15) is 0 Å². The van der Waals surface area contributed by atoms with Gasteiger partial charge in [-0.25, -0.2) is 0 Å². The first-order chi connectivity index (χ1) is 8.24. The smallest absolute Gasteiger partial charge is 0.142 e. The van der Waals surface area contributed by atoms with Gasteiger partial charge in [0, 0.05) is 5.69 Å². The standard InChI is InChI=1S/C14H24N2O/c1-2-3-4-5-6-7-10-17-14-9-8-12(15)11-13(14)16/h8-9,11H,2-7,10,15-16H2,1H3. The van der Waals surface area contributed by atoms with Crippen LogP contribution in [0.2, 0.25) is 0 Å². The van der Waals surface area contributed by atoms with E-state index in [0.29, 0.717) is 11.4 Å². The molecule has 0 radical (unpaired) electrons. The first kappa shape index (κ1) is 13.7. The summed E-state index contributed by atoms with van der Waals surface area (Å²) in [4.78, 5) is 0. The third-order valence-corrected chi connectivity index (χ3v) is 2.79. The molecule has 0 heterocycles. The highest BCUT2D eigenvalue weighted by atomic mass is 16.5. The Kier molecular flexibility index (Phi) is 6.30. The maximum Gasteiger partial charge on any atom is 0.142 e. The van der Waals surface area contributed by atoms with Crippen molar-refractivity contribution in [2.75, 3.05) is 18.1 Å². The van der Waals surface area contributed by atoms with Crippen LogP contribution in [0.5, 0.6) is 5.75 Å². The molecule has 1 rings (SSSR count). The molecule has 0 saturated carbocycles. The van der Waals surface area contributed by atoms with Gasteiger partial charge < -0.3 is 16.2 Å². The summed E-state index contributed by atoms with van der Waals surface area (Å²) < 4.78 is 5.62. The average Bonchev–Trinajstić information content (AvgIpc) is 2.30. The largest absolute Gasteiger partial charge is 0.491 e. The number of hydrogen-bond acceptors (Lipinski definition) is 3. The van der Waals surface area contributed by atoms with Gasteiger partial charge in [-0.3, -0.25) is 0 Å². The molecule has 3 heteroatoms. The van der Waals surface area contributed by atoms with E-state index < -0.39 is 0 Å². The van der Waals surface area contributed by atoms with Gasteiger partial charge in [0.05, 0.1) is 12.3 Å². The molecular formula is C14H24N2O. The van der Waals surface area contributed by atoms with Crippen LogP contribution in [0.3, 0.4) is 0 Å². The van der Waals surface area contributed by atoms with Crippen LogP contribution in [-0.4, -0.2) is 6.61 Å². The van der Waals surface area contributed by atoms with Crippen LogP contribution in [0.15, 0.2) is 18.2 Å². The second kappa shape index (κ2) is 7.82. The molecule has 0 spiro atoms. The third-order valence-electron chi connectivity index (χ3n) is 2.79. The number of ether oxygens (including phenoxy) is 1. The zero-order chi connectivity index (χ0) is 12.5. The third kappa shape index (κ3) is 5.48. The summed E-state index contributed by atoms with van der Waals surface area (Å²) in [6.07, 6.45) is 7.58. The number of benzene rings is 1. The van der Waals surface area contributed by atoms with Crippen LogP contribution in [0.25, 0.3) is 0 Å². The van der Waals surface area contributed by atoms with Crippen LogP contribution in [0.1, 0.15) is 45.4 Å². The number of anilines is 2. The highest BCUT2D eigenvalue weighted by Gasteiger charge is 2.00. The maximum absolute atomic E-state index is 5.80. The topological polar surface area (TPSA) is 61.3 Å². The molecule has 96 valence electrons. The molecule has 0 aliphatic rings. The Morgan fingerprint density at radius 2 is 1.71 bits per heavy atom. The zero-order valence-electron chi connectivity index (χ0n) is 10.7. The Morgan fingerprint density at radius 3 is 2.41 bits per heavy atom. The lowest BCUT2D eigenvalue weighted by molar-refractivity contribution is 0.306.